The van der Waals surface area contributed by atoms with Gasteiger partial charge in [0.25, 0.3) is 5.91 Å². The van der Waals surface area contributed by atoms with Gasteiger partial charge < -0.3 is 14.6 Å². The molecule has 0 aromatic heterocycles. The first-order valence-electron chi connectivity index (χ1n) is 7.66. The molecule has 0 unspecified atom stereocenters. The second-order valence-corrected chi connectivity index (χ2v) is 4.78. The molecule has 126 valence electrons. The van der Waals surface area contributed by atoms with Crippen LogP contribution in [0.5, 0.6) is 17.2 Å². The maximum absolute atomic E-state index is 12.0. The third kappa shape index (κ3) is 4.49. The van der Waals surface area contributed by atoms with Crippen LogP contribution in [0.1, 0.15) is 29.8 Å². The lowest BCUT2D eigenvalue weighted by Gasteiger charge is -2.07. The number of rotatable bonds is 7. The van der Waals surface area contributed by atoms with E-state index in [1.807, 2.05) is 13.8 Å². The number of hydrazone groups is 1. The van der Waals surface area contributed by atoms with Crippen molar-refractivity contribution in [1.82, 2.24) is 5.43 Å². The number of hydrogen-bond acceptors (Lipinski definition) is 5. The number of nitrogens with one attached hydrogen (secondary N) is 1. The Labute approximate surface area is 140 Å². The molecule has 0 fully saturated rings. The van der Waals surface area contributed by atoms with Crippen molar-refractivity contribution in [3.05, 3.63) is 53.6 Å². The van der Waals surface area contributed by atoms with Gasteiger partial charge in [-0.1, -0.05) is 6.07 Å². The minimum absolute atomic E-state index is 0.0154. The Kier molecular flexibility index (Phi) is 6.19. The number of aromatic hydroxyl groups is 1. The second-order valence-electron chi connectivity index (χ2n) is 4.78. The van der Waals surface area contributed by atoms with Gasteiger partial charge in [-0.25, -0.2) is 5.43 Å². The Balaban J connectivity index is 2.00. The monoisotopic (exact) mass is 328 g/mol. The highest BCUT2D eigenvalue weighted by molar-refractivity contribution is 5.95. The van der Waals surface area contributed by atoms with Crippen LogP contribution >= 0.6 is 0 Å². The molecule has 6 nitrogen and oxygen atoms in total. The summed E-state index contributed by atoms with van der Waals surface area (Å²) in [7, 11) is 0. The van der Waals surface area contributed by atoms with Crippen molar-refractivity contribution in [3.8, 4) is 17.2 Å². The molecule has 0 spiro atoms. The maximum Gasteiger partial charge on any atom is 0.271 e. The average molecular weight is 328 g/mol. The van der Waals surface area contributed by atoms with E-state index in [0.717, 1.165) is 0 Å². The van der Waals surface area contributed by atoms with Crippen LogP contribution in [-0.4, -0.2) is 30.4 Å². The van der Waals surface area contributed by atoms with Crippen LogP contribution in [0.4, 0.5) is 0 Å². The Hall–Kier alpha value is -3.02. The topological polar surface area (TPSA) is 80.2 Å². The zero-order valence-corrected chi connectivity index (χ0v) is 13.7. The van der Waals surface area contributed by atoms with Crippen molar-refractivity contribution in [2.24, 2.45) is 5.10 Å². The van der Waals surface area contributed by atoms with Gasteiger partial charge in [-0.3, -0.25) is 4.79 Å². The number of ether oxygens (including phenoxy) is 2. The first-order chi connectivity index (χ1) is 11.7. The predicted molar refractivity (Wildman–Crippen MR) is 91.9 cm³/mol. The van der Waals surface area contributed by atoms with E-state index in [2.05, 4.69) is 10.5 Å². The van der Waals surface area contributed by atoms with Crippen molar-refractivity contribution in [2.45, 2.75) is 13.8 Å². The maximum atomic E-state index is 12.0. The van der Waals surface area contributed by atoms with Gasteiger partial charge in [-0.2, -0.15) is 5.10 Å². The lowest BCUT2D eigenvalue weighted by Crippen LogP contribution is -2.17. The summed E-state index contributed by atoms with van der Waals surface area (Å²) >= 11 is 0. The molecule has 0 aliphatic heterocycles. The van der Waals surface area contributed by atoms with Crippen molar-refractivity contribution < 1.29 is 19.4 Å². The smallest absolute Gasteiger partial charge is 0.271 e. The molecule has 0 bridgehead atoms. The number of carbonyl (C=O) groups excluding carboxylic acids is 1. The SMILES string of the molecule is CCOc1ccc(C(=O)N/N=C/c2cccc(OCC)c2O)cc1. The highest BCUT2D eigenvalue weighted by Crippen LogP contribution is 2.28. The molecule has 0 heterocycles. The van der Waals surface area contributed by atoms with Crippen LogP contribution in [-0.2, 0) is 0 Å². The third-order valence-corrected chi connectivity index (χ3v) is 3.13. The second kappa shape index (κ2) is 8.57. The summed E-state index contributed by atoms with van der Waals surface area (Å²) in [6.45, 7) is 4.74. The minimum Gasteiger partial charge on any atom is -0.504 e. The molecule has 6 heteroatoms. The fourth-order valence-corrected chi connectivity index (χ4v) is 2.01. The number of nitrogens with zero attached hydrogens (tertiary/aromatic N) is 1. The first kappa shape index (κ1) is 17.3. The fourth-order valence-electron chi connectivity index (χ4n) is 2.01. The summed E-state index contributed by atoms with van der Waals surface area (Å²) in [6.07, 6.45) is 1.37. The van der Waals surface area contributed by atoms with Crippen LogP contribution in [0, 0.1) is 0 Å². The molecule has 24 heavy (non-hydrogen) atoms. The van der Waals surface area contributed by atoms with Crippen molar-refractivity contribution in [3.63, 3.8) is 0 Å². The van der Waals surface area contributed by atoms with E-state index in [4.69, 9.17) is 9.47 Å². The van der Waals surface area contributed by atoms with Gasteiger partial charge in [0.1, 0.15) is 5.75 Å². The minimum atomic E-state index is -0.352. The quantitative estimate of drug-likeness (QED) is 0.605. The molecule has 2 rings (SSSR count). The lowest BCUT2D eigenvalue weighted by atomic mass is 10.2. The molecular weight excluding hydrogens is 308 g/mol. The molecule has 0 aliphatic carbocycles. The zero-order valence-electron chi connectivity index (χ0n) is 13.7. The van der Waals surface area contributed by atoms with Gasteiger partial charge in [-0.15, -0.1) is 0 Å². The summed E-state index contributed by atoms with van der Waals surface area (Å²) in [6, 6.07) is 11.8. The zero-order chi connectivity index (χ0) is 17.4. The number of amides is 1. The molecule has 2 aromatic rings. The number of hydrogen-bond donors (Lipinski definition) is 2. The highest BCUT2D eigenvalue weighted by Gasteiger charge is 2.07. The molecule has 0 aliphatic rings. The predicted octanol–water partition coefficient (Wildman–Crippen LogP) is 2.95. The molecule has 0 saturated heterocycles. The summed E-state index contributed by atoms with van der Waals surface area (Å²) < 4.78 is 10.6. The largest absolute Gasteiger partial charge is 0.504 e. The number of phenols is 1. The Morgan fingerprint density at radius 1 is 1.12 bits per heavy atom. The van der Waals surface area contributed by atoms with Gasteiger partial charge in [0.05, 0.1) is 19.4 Å². The Morgan fingerprint density at radius 3 is 2.50 bits per heavy atom. The Morgan fingerprint density at radius 2 is 1.83 bits per heavy atom. The van der Waals surface area contributed by atoms with Crippen LogP contribution in [0.3, 0.4) is 0 Å². The van der Waals surface area contributed by atoms with E-state index in [0.29, 0.717) is 35.8 Å². The van der Waals surface area contributed by atoms with E-state index in [1.54, 1.807) is 42.5 Å². The summed E-state index contributed by atoms with van der Waals surface area (Å²) in [5, 5.41) is 13.9. The lowest BCUT2D eigenvalue weighted by molar-refractivity contribution is 0.0955. The van der Waals surface area contributed by atoms with Crippen molar-refractivity contribution in [1.29, 1.82) is 0 Å². The molecule has 0 saturated carbocycles. The molecule has 0 radical (unpaired) electrons. The van der Waals surface area contributed by atoms with E-state index < -0.39 is 0 Å². The van der Waals surface area contributed by atoms with E-state index in [-0.39, 0.29) is 11.7 Å². The van der Waals surface area contributed by atoms with Gasteiger partial charge in [0, 0.05) is 11.1 Å². The van der Waals surface area contributed by atoms with Crippen molar-refractivity contribution in [2.75, 3.05) is 13.2 Å². The standard InChI is InChI=1S/C18H20N2O4/c1-3-23-15-10-8-13(9-11-15)18(22)20-19-12-14-6-5-7-16(17(14)21)24-4-2/h5-12,21H,3-4H2,1-2H3,(H,20,22)/b19-12+. The highest BCUT2D eigenvalue weighted by atomic mass is 16.5. The van der Waals surface area contributed by atoms with E-state index in [9.17, 15) is 9.90 Å². The molecule has 1 amide bonds. The molecular formula is C18H20N2O4. The van der Waals surface area contributed by atoms with E-state index in [1.165, 1.54) is 6.21 Å². The van der Waals surface area contributed by atoms with Crippen LogP contribution in [0.25, 0.3) is 0 Å². The first-order valence-corrected chi connectivity index (χ1v) is 7.66. The van der Waals surface area contributed by atoms with Crippen LogP contribution in [0.2, 0.25) is 0 Å². The normalized spacial score (nSPS) is 10.6. The summed E-state index contributed by atoms with van der Waals surface area (Å²) in [4.78, 5) is 12.0. The van der Waals surface area contributed by atoms with Gasteiger partial charge in [-0.05, 0) is 50.2 Å². The van der Waals surface area contributed by atoms with E-state index >= 15 is 0 Å². The van der Waals surface area contributed by atoms with Crippen molar-refractivity contribution >= 4 is 12.1 Å². The van der Waals surface area contributed by atoms with Crippen LogP contribution in [0.15, 0.2) is 47.6 Å². The third-order valence-electron chi connectivity index (χ3n) is 3.13. The van der Waals surface area contributed by atoms with Gasteiger partial charge in [0.15, 0.2) is 11.5 Å². The fraction of sp³-hybridized carbons (Fsp3) is 0.222. The molecule has 2 aromatic carbocycles. The number of benzene rings is 2. The van der Waals surface area contributed by atoms with Crippen LogP contribution < -0.4 is 14.9 Å². The van der Waals surface area contributed by atoms with Gasteiger partial charge >= 0.3 is 0 Å². The number of para-hydroxylation sites is 1. The Bertz CT molecular complexity index is 711. The summed E-state index contributed by atoms with van der Waals surface area (Å²) in [5.41, 5.74) is 3.33. The number of phenolic OH excluding ortho intramolecular Hbond substituents is 1. The average Bonchev–Trinajstić information content (AvgIpc) is 2.59. The summed E-state index contributed by atoms with van der Waals surface area (Å²) in [5.74, 6) is 0.711. The molecule has 2 N–H and O–H groups in total. The van der Waals surface area contributed by atoms with Gasteiger partial charge in [0.2, 0.25) is 0 Å². The number of carbonyl (C=O) groups is 1. The molecule has 0 atom stereocenters.